The maximum atomic E-state index is 11.5. The van der Waals surface area contributed by atoms with E-state index in [0.29, 0.717) is 0 Å². The molecule has 0 aliphatic carbocycles. The van der Waals surface area contributed by atoms with Crippen molar-refractivity contribution in [3.05, 3.63) is 25.3 Å². The SMILES string of the molecule is C=CC(=O)OCCOC(=O)CC(=O)NCCNC(=O)CC(=O)OCCOC(=O)C=C. The first kappa shape index (κ1) is 26.3. The van der Waals surface area contributed by atoms with Crippen molar-refractivity contribution >= 4 is 35.7 Å². The average molecular weight is 428 g/mol. The quantitative estimate of drug-likeness (QED) is 0.104. The highest BCUT2D eigenvalue weighted by Crippen LogP contribution is 1.90. The van der Waals surface area contributed by atoms with Gasteiger partial charge in [-0.25, -0.2) is 9.59 Å². The molecule has 0 bridgehead atoms. The molecule has 0 rings (SSSR count). The monoisotopic (exact) mass is 428 g/mol. The van der Waals surface area contributed by atoms with E-state index in [1.807, 2.05) is 0 Å². The van der Waals surface area contributed by atoms with Gasteiger partial charge in [-0.2, -0.15) is 0 Å². The van der Waals surface area contributed by atoms with Crippen molar-refractivity contribution in [3.63, 3.8) is 0 Å². The number of carbonyl (C=O) groups excluding carboxylic acids is 6. The van der Waals surface area contributed by atoms with E-state index >= 15 is 0 Å². The second-order valence-corrected chi connectivity index (χ2v) is 5.24. The Morgan fingerprint density at radius 1 is 0.600 bits per heavy atom. The van der Waals surface area contributed by atoms with E-state index in [4.69, 9.17) is 9.47 Å². The molecule has 0 unspecified atom stereocenters. The van der Waals surface area contributed by atoms with E-state index in [2.05, 4.69) is 33.3 Å². The molecule has 12 nitrogen and oxygen atoms in total. The van der Waals surface area contributed by atoms with Crippen LogP contribution < -0.4 is 10.6 Å². The van der Waals surface area contributed by atoms with Gasteiger partial charge in [-0.05, 0) is 0 Å². The highest BCUT2D eigenvalue weighted by molar-refractivity contribution is 5.95. The molecule has 0 saturated heterocycles. The summed E-state index contributed by atoms with van der Waals surface area (Å²) in [5, 5.41) is 4.74. The van der Waals surface area contributed by atoms with Crippen molar-refractivity contribution in [2.45, 2.75) is 12.8 Å². The fraction of sp³-hybridized carbons (Fsp3) is 0.444. The summed E-state index contributed by atoms with van der Waals surface area (Å²) in [5.41, 5.74) is 0. The number of carbonyl (C=O) groups is 6. The lowest BCUT2D eigenvalue weighted by molar-refractivity contribution is -0.152. The third kappa shape index (κ3) is 15.4. The van der Waals surface area contributed by atoms with Crippen LogP contribution in [0, 0.1) is 0 Å². The molecule has 0 aromatic carbocycles. The molecule has 0 atom stereocenters. The first-order valence-corrected chi connectivity index (χ1v) is 8.71. The van der Waals surface area contributed by atoms with E-state index < -0.39 is 48.5 Å². The van der Waals surface area contributed by atoms with Gasteiger partial charge < -0.3 is 29.6 Å². The van der Waals surface area contributed by atoms with Gasteiger partial charge in [0.15, 0.2) is 0 Å². The van der Waals surface area contributed by atoms with Gasteiger partial charge >= 0.3 is 23.9 Å². The van der Waals surface area contributed by atoms with E-state index in [-0.39, 0.29) is 39.5 Å². The Hall–Kier alpha value is -3.70. The van der Waals surface area contributed by atoms with Crippen LogP contribution in [0.15, 0.2) is 25.3 Å². The van der Waals surface area contributed by atoms with E-state index in [9.17, 15) is 28.8 Å². The highest BCUT2D eigenvalue weighted by atomic mass is 16.6. The van der Waals surface area contributed by atoms with Gasteiger partial charge in [-0.1, -0.05) is 13.2 Å². The van der Waals surface area contributed by atoms with Gasteiger partial charge in [0.05, 0.1) is 0 Å². The smallest absolute Gasteiger partial charge is 0.330 e. The largest absolute Gasteiger partial charge is 0.462 e. The fourth-order valence-electron chi connectivity index (χ4n) is 1.61. The Morgan fingerprint density at radius 2 is 0.933 bits per heavy atom. The van der Waals surface area contributed by atoms with Crippen LogP contribution in [0.2, 0.25) is 0 Å². The van der Waals surface area contributed by atoms with Gasteiger partial charge in [0.1, 0.15) is 39.3 Å². The summed E-state index contributed by atoms with van der Waals surface area (Å²) in [6.07, 6.45) is 0.819. The lowest BCUT2D eigenvalue weighted by Crippen LogP contribution is -2.36. The molecule has 2 amide bonds. The van der Waals surface area contributed by atoms with Crippen molar-refractivity contribution < 1.29 is 47.7 Å². The molecule has 0 aliphatic rings. The molecule has 0 radical (unpaired) electrons. The van der Waals surface area contributed by atoms with Crippen molar-refractivity contribution in [3.8, 4) is 0 Å². The molecule has 0 aliphatic heterocycles. The fourth-order valence-corrected chi connectivity index (χ4v) is 1.61. The van der Waals surface area contributed by atoms with E-state index in [1.54, 1.807) is 0 Å². The molecule has 0 fully saturated rings. The zero-order chi connectivity index (χ0) is 22.8. The first-order chi connectivity index (χ1) is 14.3. The summed E-state index contributed by atoms with van der Waals surface area (Å²) >= 11 is 0. The van der Waals surface area contributed by atoms with Crippen LogP contribution in [0.1, 0.15) is 12.8 Å². The van der Waals surface area contributed by atoms with Crippen LogP contribution in [0.4, 0.5) is 0 Å². The van der Waals surface area contributed by atoms with Gasteiger partial charge in [-0.15, -0.1) is 0 Å². The molecule has 0 spiro atoms. The molecule has 0 aromatic heterocycles. The van der Waals surface area contributed by atoms with Crippen LogP contribution in [0.25, 0.3) is 0 Å². The number of nitrogens with one attached hydrogen (secondary N) is 2. The second kappa shape index (κ2) is 16.3. The zero-order valence-electron chi connectivity index (χ0n) is 16.3. The molecular weight excluding hydrogens is 404 g/mol. The standard InChI is InChI=1S/C18H24N2O10/c1-3-15(23)27-7-9-29-17(25)11-13(21)19-5-6-20-14(22)12-18(26)30-10-8-28-16(24)4-2/h3-4H,1-2,5-12H2,(H,19,21)(H,20,22). The molecule has 0 saturated carbocycles. The molecule has 12 heteroatoms. The third-order valence-corrected chi connectivity index (χ3v) is 2.89. The summed E-state index contributed by atoms with van der Waals surface area (Å²) in [4.78, 5) is 67.4. The van der Waals surface area contributed by atoms with Crippen LogP contribution in [0.5, 0.6) is 0 Å². The van der Waals surface area contributed by atoms with E-state index in [0.717, 1.165) is 12.2 Å². The molecular formula is C18H24N2O10. The summed E-state index contributed by atoms with van der Waals surface area (Å²) in [6.45, 7) is 5.70. The van der Waals surface area contributed by atoms with Crippen LogP contribution in [-0.4, -0.2) is 75.2 Å². The van der Waals surface area contributed by atoms with Gasteiger partial charge in [0.25, 0.3) is 0 Å². The van der Waals surface area contributed by atoms with E-state index in [1.165, 1.54) is 0 Å². The third-order valence-electron chi connectivity index (χ3n) is 2.89. The van der Waals surface area contributed by atoms with Crippen molar-refractivity contribution in [2.24, 2.45) is 0 Å². The van der Waals surface area contributed by atoms with Crippen LogP contribution in [-0.2, 0) is 47.7 Å². The molecule has 30 heavy (non-hydrogen) atoms. The predicted molar refractivity (Wildman–Crippen MR) is 99.5 cm³/mol. The first-order valence-electron chi connectivity index (χ1n) is 8.71. The maximum Gasteiger partial charge on any atom is 0.330 e. The van der Waals surface area contributed by atoms with Crippen molar-refractivity contribution in [2.75, 3.05) is 39.5 Å². The molecule has 0 aromatic rings. The predicted octanol–water partition coefficient (Wildman–Crippen LogP) is -1.46. The summed E-state index contributed by atoms with van der Waals surface area (Å²) < 4.78 is 18.6. The number of rotatable bonds is 15. The van der Waals surface area contributed by atoms with Gasteiger partial charge in [0.2, 0.25) is 11.8 Å². The lowest BCUT2D eigenvalue weighted by Gasteiger charge is -2.08. The molecule has 2 N–H and O–H groups in total. The van der Waals surface area contributed by atoms with Gasteiger partial charge in [0, 0.05) is 25.2 Å². The number of hydrogen-bond acceptors (Lipinski definition) is 10. The van der Waals surface area contributed by atoms with Gasteiger partial charge in [-0.3, -0.25) is 19.2 Å². The minimum atomic E-state index is -0.812. The topological polar surface area (TPSA) is 163 Å². The minimum absolute atomic E-state index is 0.0152. The number of esters is 4. The Morgan fingerprint density at radius 3 is 1.27 bits per heavy atom. The Labute approximate surface area is 172 Å². The Balaban J connectivity index is 3.74. The second-order valence-electron chi connectivity index (χ2n) is 5.24. The maximum absolute atomic E-state index is 11.5. The zero-order valence-corrected chi connectivity index (χ0v) is 16.3. The summed E-state index contributed by atoms with van der Waals surface area (Å²) in [5.74, 6) is -4.21. The summed E-state index contributed by atoms with van der Waals surface area (Å²) in [6, 6.07) is 0. The highest BCUT2D eigenvalue weighted by Gasteiger charge is 2.12. The van der Waals surface area contributed by atoms with Crippen molar-refractivity contribution in [1.82, 2.24) is 10.6 Å². The van der Waals surface area contributed by atoms with Crippen molar-refractivity contribution in [1.29, 1.82) is 0 Å². The Kier molecular flexibility index (Phi) is 14.3. The summed E-state index contributed by atoms with van der Waals surface area (Å²) in [7, 11) is 0. The molecule has 166 valence electrons. The number of ether oxygens (including phenoxy) is 4. The van der Waals surface area contributed by atoms with Crippen LogP contribution >= 0.6 is 0 Å². The average Bonchev–Trinajstić information content (AvgIpc) is 2.71. The number of hydrogen-bond donors (Lipinski definition) is 2. The normalized spacial score (nSPS) is 9.47. The van der Waals surface area contributed by atoms with Crippen LogP contribution in [0.3, 0.4) is 0 Å². The Bertz CT molecular complexity index is 603. The molecule has 0 heterocycles. The minimum Gasteiger partial charge on any atom is -0.462 e. The number of amides is 2. The lowest BCUT2D eigenvalue weighted by atomic mass is 10.4.